The van der Waals surface area contributed by atoms with Crippen molar-refractivity contribution in [2.45, 2.75) is 13.5 Å². The first-order chi connectivity index (χ1) is 14.4. The molecule has 2 aromatic carbocycles. The Bertz CT molecular complexity index is 1130. The lowest BCUT2D eigenvalue weighted by molar-refractivity contribution is -0.130. The lowest BCUT2D eigenvalue weighted by atomic mass is 10.1. The van der Waals surface area contributed by atoms with Gasteiger partial charge in [0.2, 0.25) is 0 Å². The Labute approximate surface area is 199 Å². The number of halogens is 6. The number of benzene rings is 2. The fraction of sp³-hybridized carbons (Fsp3) is 0.105. The van der Waals surface area contributed by atoms with Gasteiger partial charge in [-0.3, -0.25) is 0 Å². The van der Waals surface area contributed by atoms with E-state index in [2.05, 4.69) is 6.58 Å². The molecule has 0 fully saturated rings. The van der Waals surface area contributed by atoms with Crippen molar-refractivity contribution in [3.63, 3.8) is 0 Å². The van der Waals surface area contributed by atoms with Gasteiger partial charge in [0.25, 0.3) is 0 Å². The number of carbonyl (C=O) groups excluding carboxylic acids is 2. The smallest absolute Gasteiger partial charge is 0.342 e. The number of hydrogen-bond acceptors (Lipinski definition) is 5. The van der Waals surface area contributed by atoms with Crippen molar-refractivity contribution >= 4 is 63.1 Å². The molecule has 0 saturated heterocycles. The van der Waals surface area contributed by atoms with Gasteiger partial charge in [-0.05, 0) is 64.2 Å². The maximum Gasteiger partial charge on any atom is 0.342 e. The fourth-order valence-corrected chi connectivity index (χ4v) is 4.33. The average molecular weight is 664 g/mol. The van der Waals surface area contributed by atoms with Crippen molar-refractivity contribution < 1.29 is 46.5 Å². The van der Waals surface area contributed by atoms with Gasteiger partial charge in [-0.25, -0.2) is 31.9 Å². The fourth-order valence-electron chi connectivity index (χ4n) is 2.25. The number of hydrogen-bond donors (Lipinski definition) is 1. The van der Waals surface area contributed by atoms with E-state index in [0.717, 1.165) is 0 Å². The zero-order chi connectivity index (χ0) is 23.6. The van der Waals surface area contributed by atoms with Gasteiger partial charge in [0.1, 0.15) is 17.7 Å². The van der Waals surface area contributed by atoms with Gasteiger partial charge >= 0.3 is 17.9 Å². The average Bonchev–Trinajstić information content (AvgIpc) is 2.68. The summed E-state index contributed by atoms with van der Waals surface area (Å²) in [5.74, 6) is -14.0. The van der Waals surface area contributed by atoms with Gasteiger partial charge in [0.05, 0.1) is 3.57 Å². The van der Waals surface area contributed by atoms with Gasteiger partial charge < -0.3 is 14.6 Å². The van der Waals surface area contributed by atoms with E-state index in [4.69, 9.17) is 14.6 Å². The topological polar surface area (TPSA) is 89.9 Å². The number of carboxylic acids is 1. The van der Waals surface area contributed by atoms with Crippen LogP contribution in [-0.4, -0.2) is 23.0 Å². The minimum absolute atomic E-state index is 0.0165. The number of rotatable bonds is 6. The van der Waals surface area contributed by atoms with E-state index in [0.29, 0.717) is 7.14 Å². The van der Waals surface area contributed by atoms with E-state index in [-0.39, 0.29) is 16.9 Å². The van der Waals surface area contributed by atoms with Crippen LogP contribution in [0.15, 0.2) is 24.3 Å². The van der Waals surface area contributed by atoms with Crippen LogP contribution >= 0.6 is 45.2 Å². The Morgan fingerprint density at radius 1 is 1.00 bits per heavy atom. The minimum atomic E-state index is -2.38. The second-order valence-electron chi connectivity index (χ2n) is 5.93. The first-order valence-corrected chi connectivity index (χ1v) is 10.1. The molecule has 31 heavy (non-hydrogen) atoms. The lowest BCUT2D eigenvalue weighted by Gasteiger charge is -2.14. The molecule has 12 heteroatoms. The number of ether oxygens (including phenoxy) is 2. The van der Waals surface area contributed by atoms with E-state index < -0.39 is 58.9 Å². The molecule has 0 saturated carbocycles. The lowest BCUT2D eigenvalue weighted by Crippen LogP contribution is -2.19. The zero-order valence-corrected chi connectivity index (χ0v) is 19.6. The SMILES string of the molecule is C=C(C)C(=O)Oc1c(I)cc(I)cc1COC(=O)c1c(F)c(F)c(F)c(F)c1C(=O)O. The summed E-state index contributed by atoms with van der Waals surface area (Å²) in [5.41, 5.74) is -3.15. The number of aromatic carboxylic acids is 1. The van der Waals surface area contributed by atoms with E-state index in [1.54, 1.807) is 6.07 Å². The van der Waals surface area contributed by atoms with Gasteiger partial charge in [0, 0.05) is 14.7 Å². The van der Waals surface area contributed by atoms with Crippen LogP contribution in [0.25, 0.3) is 0 Å². The van der Waals surface area contributed by atoms with Crippen LogP contribution in [-0.2, 0) is 16.1 Å². The van der Waals surface area contributed by atoms with Gasteiger partial charge in [-0.2, -0.15) is 0 Å². The van der Waals surface area contributed by atoms with Crippen LogP contribution in [0, 0.1) is 30.4 Å². The molecule has 1 N–H and O–H groups in total. The Hall–Kier alpha value is -2.23. The molecular formula is C19H10F4I2O6. The molecule has 164 valence electrons. The highest BCUT2D eigenvalue weighted by Gasteiger charge is 2.33. The third-order valence-corrected chi connectivity index (χ3v) is 5.10. The van der Waals surface area contributed by atoms with Crippen molar-refractivity contribution in [1.29, 1.82) is 0 Å². The summed E-state index contributed by atoms with van der Waals surface area (Å²) in [5, 5.41) is 9.02. The van der Waals surface area contributed by atoms with Crippen LogP contribution in [0.2, 0.25) is 0 Å². The molecule has 6 nitrogen and oxygen atoms in total. The number of carbonyl (C=O) groups is 3. The predicted octanol–water partition coefficient (Wildman–Crippen LogP) is 4.99. The first kappa shape index (κ1) is 25.0. The summed E-state index contributed by atoms with van der Waals surface area (Å²) in [6.07, 6.45) is 0. The molecule has 0 heterocycles. The maximum atomic E-state index is 14.1. The van der Waals surface area contributed by atoms with Crippen LogP contribution < -0.4 is 4.74 Å². The third kappa shape index (κ3) is 5.34. The highest BCUT2D eigenvalue weighted by Crippen LogP contribution is 2.31. The molecule has 0 aliphatic carbocycles. The van der Waals surface area contributed by atoms with Crippen LogP contribution in [0.1, 0.15) is 33.2 Å². The van der Waals surface area contributed by atoms with Gasteiger partial charge in [0.15, 0.2) is 29.0 Å². The maximum absolute atomic E-state index is 14.1. The minimum Gasteiger partial charge on any atom is -0.478 e. The largest absolute Gasteiger partial charge is 0.478 e. The molecule has 0 aromatic heterocycles. The summed E-state index contributed by atoms with van der Waals surface area (Å²) in [6, 6.07) is 3.07. The molecule has 0 unspecified atom stereocenters. The molecule has 2 aromatic rings. The van der Waals surface area contributed by atoms with Crippen molar-refractivity contribution in [1.82, 2.24) is 0 Å². The Morgan fingerprint density at radius 3 is 2.06 bits per heavy atom. The van der Waals surface area contributed by atoms with Gasteiger partial charge in [-0.1, -0.05) is 6.58 Å². The second kappa shape index (κ2) is 9.93. The highest BCUT2D eigenvalue weighted by molar-refractivity contribution is 14.1. The van der Waals surface area contributed by atoms with Crippen molar-refractivity contribution in [3.8, 4) is 5.75 Å². The summed E-state index contributed by atoms with van der Waals surface area (Å²) in [7, 11) is 0. The summed E-state index contributed by atoms with van der Waals surface area (Å²) in [6.45, 7) is 4.15. The molecule has 0 radical (unpaired) electrons. The molecule has 0 atom stereocenters. The Kier molecular flexibility index (Phi) is 8.02. The Balaban J connectivity index is 2.45. The molecule has 2 rings (SSSR count). The van der Waals surface area contributed by atoms with Gasteiger partial charge in [-0.15, -0.1) is 0 Å². The van der Waals surface area contributed by atoms with Crippen molar-refractivity contribution in [2.75, 3.05) is 0 Å². The molecule has 0 aliphatic heterocycles. The normalized spacial score (nSPS) is 10.5. The van der Waals surface area contributed by atoms with E-state index in [9.17, 15) is 31.9 Å². The van der Waals surface area contributed by atoms with Crippen LogP contribution in [0.3, 0.4) is 0 Å². The highest BCUT2D eigenvalue weighted by atomic mass is 127. The second-order valence-corrected chi connectivity index (χ2v) is 8.34. The molecule has 0 spiro atoms. The van der Waals surface area contributed by atoms with Crippen molar-refractivity contribution in [2.24, 2.45) is 0 Å². The third-order valence-electron chi connectivity index (χ3n) is 3.67. The number of carboxylic acid groups (broad SMARTS) is 1. The number of esters is 2. The molecule has 0 amide bonds. The van der Waals surface area contributed by atoms with Crippen LogP contribution in [0.4, 0.5) is 17.6 Å². The molecular weight excluding hydrogens is 654 g/mol. The summed E-state index contributed by atoms with van der Waals surface area (Å²) < 4.78 is 65.9. The zero-order valence-electron chi connectivity index (χ0n) is 15.3. The van der Waals surface area contributed by atoms with E-state index in [1.165, 1.54) is 13.0 Å². The van der Waals surface area contributed by atoms with Crippen LogP contribution in [0.5, 0.6) is 5.75 Å². The molecule has 0 aliphatic rings. The molecule has 0 bridgehead atoms. The summed E-state index contributed by atoms with van der Waals surface area (Å²) in [4.78, 5) is 35.3. The Morgan fingerprint density at radius 2 is 1.55 bits per heavy atom. The van der Waals surface area contributed by atoms with Crippen molar-refractivity contribution in [3.05, 3.63) is 71.4 Å². The van der Waals surface area contributed by atoms with E-state index in [1.807, 2.05) is 45.2 Å². The summed E-state index contributed by atoms with van der Waals surface area (Å²) >= 11 is 3.75. The first-order valence-electron chi connectivity index (χ1n) is 7.98. The van der Waals surface area contributed by atoms with E-state index >= 15 is 0 Å². The monoisotopic (exact) mass is 664 g/mol. The predicted molar refractivity (Wildman–Crippen MR) is 115 cm³/mol. The quantitative estimate of drug-likeness (QED) is 0.0892. The standard InChI is InChI=1S/C19H10F4I2O6/c1-6(2)18(28)31-16-7(3-8(24)4-9(16)25)5-30-19(29)11-10(17(26)27)12(20)14(22)15(23)13(11)21/h3-4H,1,5H2,2H3,(H,26,27).